The number of hydrogen-bond donors (Lipinski definition) is 0. The molecule has 94 valence electrons. The lowest BCUT2D eigenvalue weighted by atomic mass is 9.87. The number of ketones is 1. The summed E-state index contributed by atoms with van der Waals surface area (Å²) in [6, 6.07) is 0. The number of rotatable bonds is 5. The first-order valence-corrected chi connectivity index (χ1v) is 7.93. The van der Waals surface area contributed by atoms with Gasteiger partial charge in [0.05, 0.1) is 5.25 Å². The van der Waals surface area contributed by atoms with Crippen LogP contribution >= 0.6 is 0 Å². The minimum absolute atomic E-state index is 0.00702. The van der Waals surface area contributed by atoms with Gasteiger partial charge in [0.2, 0.25) is 0 Å². The van der Waals surface area contributed by atoms with Crippen LogP contribution in [-0.4, -0.2) is 25.2 Å². The zero-order valence-electron chi connectivity index (χ0n) is 10.2. The van der Waals surface area contributed by atoms with Gasteiger partial charge in [-0.15, -0.1) is 0 Å². The lowest BCUT2D eigenvalue weighted by Crippen LogP contribution is -2.30. The molecule has 16 heavy (non-hydrogen) atoms. The molecule has 1 saturated carbocycles. The van der Waals surface area contributed by atoms with E-state index in [0.29, 0.717) is 6.42 Å². The minimum Gasteiger partial charge on any atom is -0.298 e. The molecule has 1 aliphatic rings. The molecule has 0 radical (unpaired) electrons. The van der Waals surface area contributed by atoms with Crippen LogP contribution < -0.4 is 0 Å². The molecule has 1 atom stereocenters. The van der Waals surface area contributed by atoms with Crippen LogP contribution in [0.2, 0.25) is 0 Å². The lowest BCUT2D eigenvalue weighted by Gasteiger charge is -2.20. The van der Waals surface area contributed by atoms with Gasteiger partial charge in [0, 0.05) is 5.92 Å². The van der Waals surface area contributed by atoms with Crippen molar-refractivity contribution in [3.63, 3.8) is 0 Å². The van der Waals surface area contributed by atoms with E-state index in [-0.39, 0.29) is 22.7 Å². The molecule has 0 spiro atoms. The Morgan fingerprint density at radius 3 is 2.31 bits per heavy atom. The Bertz CT molecular complexity index is 326. The fraction of sp³-hybridized carbons (Fsp3) is 0.917. The zero-order valence-corrected chi connectivity index (χ0v) is 11.1. The van der Waals surface area contributed by atoms with Crippen molar-refractivity contribution in [3.8, 4) is 0 Å². The molecular weight excluding hydrogens is 224 g/mol. The van der Waals surface area contributed by atoms with Crippen LogP contribution in [0.5, 0.6) is 0 Å². The van der Waals surface area contributed by atoms with Gasteiger partial charge in [0.25, 0.3) is 0 Å². The largest absolute Gasteiger partial charge is 0.298 e. The molecule has 1 unspecified atom stereocenters. The average molecular weight is 246 g/mol. The van der Waals surface area contributed by atoms with Crippen LogP contribution in [0.3, 0.4) is 0 Å². The Hall–Kier alpha value is -0.380. The highest BCUT2D eigenvalue weighted by Gasteiger charge is 2.28. The summed E-state index contributed by atoms with van der Waals surface area (Å²) in [5, 5.41) is -0.389. The number of Topliss-reactive ketones (excluding diaryl/α,β-unsaturated/α-hetero) is 1. The van der Waals surface area contributed by atoms with E-state index >= 15 is 0 Å². The van der Waals surface area contributed by atoms with E-state index in [1.165, 1.54) is 6.42 Å². The molecule has 0 N–H and O–H groups in total. The van der Waals surface area contributed by atoms with Crippen molar-refractivity contribution in [2.24, 2.45) is 5.92 Å². The molecule has 1 fully saturated rings. The Labute approximate surface area is 98.5 Å². The van der Waals surface area contributed by atoms with E-state index in [9.17, 15) is 13.2 Å². The maximum Gasteiger partial charge on any atom is 0.159 e. The van der Waals surface area contributed by atoms with Gasteiger partial charge in [0.1, 0.15) is 5.75 Å². The Kier molecular flexibility index (Phi) is 4.96. The summed E-state index contributed by atoms with van der Waals surface area (Å²) in [7, 11) is -3.21. The summed E-state index contributed by atoms with van der Waals surface area (Å²) in [5.74, 6) is -0.292. The molecular formula is C12H22O3S. The van der Waals surface area contributed by atoms with Gasteiger partial charge in [-0.2, -0.15) is 0 Å². The molecule has 0 amide bonds. The first kappa shape index (κ1) is 13.7. The topological polar surface area (TPSA) is 51.2 Å². The van der Waals surface area contributed by atoms with E-state index in [4.69, 9.17) is 0 Å². The Morgan fingerprint density at radius 2 is 1.81 bits per heavy atom. The van der Waals surface area contributed by atoms with Crippen LogP contribution in [0.25, 0.3) is 0 Å². The van der Waals surface area contributed by atoms with Gasteiger partial charge in [-0.05, 0) is 26.2 Å². The smallest absolute Gasteiger partial charge is 0.159 e. The van der Waals surface area contributed by atoms with Crippen molar-refractivity contribution in [1.82, 2.24) is 0 Å². The highest BCUT2D eigenvalue weighted by Crippen LogP contribution is 2.25. The van der Waals surface area contributed by atoms with Gasteiger partial charge < -0.3 is 0 Å². The Morgan fingerprint density at radius 1 is 1.25 bits per heavy atom. The molecule has 0 heterocycles. The first-order chi connectivity index (χ1) is 7.47. The maximum absolute atomic E-state index is 11.9. The molecule has 0 aromatic carbocycles. The van der Waals surface area contributed by atoms with Gasteiger partial charge in [-0.25, -0.2) is 8.42 Å². The third-order valence-electron chi connectivity index (χ3n) is 3.59. The Balaban J connectivity index is 2.56. The van der Waals surface area contributed by atoms with E-state index < -0.39 is 9.84 Å². The van der Waals surface area contributed by atoms with Crippen molar-refractivity contribution < 1.29 is 13.2 Å². The third-order valence-corrected chi connectivity index (χ3v) is 5.84. The van der Waals surface area contributed by atoms with E-state index in [1.54, 1.807) is 6.92 Å². The van der Waals surface area contributed by atoms with Crippen LogP contribution in [0.15, 0.2) is 0 Å². The van der Waals surface area contributed by atoms with Gasteiger partial charge in [-0.1, -0.05) is 26.2 Å². The molecule has 0 aromatic rings. The summed E-state index contributed by atoms with van der Waals surface area (Å²) in [6.45, 7) is 3.52. The van der Waals surface area contributed by atoms with Crippen LogP contribution in [0.1, 0.15) is 52.4 Å². The molecule has 0 aliphatic heterocycles. The standard InChI is InChI=1S/C12H22O3S/c1-3-10(2)16(14,15)9-12(13)11-7-5-4-6-8-11/h10-11H,3-9H2,1-2H3. The molecule has 1 rings (SSSR count). The van der Waals surface area contributed by atoms with Crippen molar-refractivity contribution in [2.45, 2.75) is 57.6 Å². The normalized spacial score (nSPS) is 20.6. The molecule has 4 heteroatoms. The predicted molar refractivity (Wildman–Crippen MR) is 65.1 cm³/mol. The monoisotopic (exact) mass is 246 g/mol. The summed E-state index contributed by atoms with van der Waals surface area (Å²) in [4.78, 5) is 11.9. The summed E-state index contributed by atoms with van der Waals surface area (Å²) < 4.78 is 23.6. The van der Waals surface area contributed by atoms with E-state index in [1.807, 2.05) is 6.92 Å². The second-order valence-corrected chi connectivity index (χ2v) is 7.25. The SMILES string of the molecule is CCC(C)S(=O)(=O)CC(=O)C1CCCCC1. The van der Waals surface area contributed by atoms with Crippen LogP contribution in [0.4, 0.5) is 0 Å². The number of hydrogen-bond acceptors (Lipinski definition) is 3. The maximum atomic E-state index is 11.9. The third kappa shape index (κ3) is 3.58. The average Bonchev–Trinajstić information content (AvgIpc) is 2.28. The number of sulfone groups is 1. The van der Waals surface area contributed by atoms with Gasteiger partial charge in [-0.3, -0.25) is 4.79 Å². The van der Waals surface area contributed by atoms with Crippen molar-refractivity contribution in [3.05, 3.63) is 0 Å². The van der Waals surface area contributed by atoms with E-state index in [0.717, 1.165) is 25.7 Å². The van der Waals surface area contributed by atoms with Crippen LogP contribution in [0, 0.1) is 5.92 Å². The second kappa shape index (κ2) is 5.80. The fourth-order valence-electron chi connectivity index (χ4n) is 2.14. The summed E-state index contributed by atoms with van der Waals surface area (Å²) in [5.41, 5.74) is 0. The molecule has 0 saturated heterocycles. The number of carbonyl (C=O) groups excluding carboxylic acids is 1. The first-order valence-electron chi connectivity index (χ1n) is 6.21. The lowest BCUT2D eigenvalue weighted by molar-refractivity contribution is -0.121. The molecule has 0 aromatic heterocycles. The molecule has 1 aliphatic carbocycles. The van der Waals surface area contributed by atoms with Gasteiger partial charge >= 0.3 is 0 Å². The minimum atomic E-state index is -3.21. The fourth-order valence-corrected chi connectivity index (χ4v) is 3.56. The van der Waals surface area contributed by atoms with Crippen molar-refractivity contribution >= 4 is 15.6 Å². The predicted octanol–water partition coefficient (Wildman–Crippen LogP) is 2.35. The summed E-state index contributed by atoms with van der Waals surface area (Å²) >= 11 is 0. The number of carbonyl (C=O) groups is 1. The van der Waals surface area contributed by atoms with Crippen molar-refractivity contribution in [1.29, 1.82) is 0 Å². The second-order valence-electron chi connectivity index (χ2n) is 4.83. The zero-order chi connectivity index (χ0) is 12.2. The van der Waals surface area contributed by atoms with E-state index in [2.05, 4.69) is 0 Å². The molecule has 3 nitrogen and oxygen atoms in total. The highest BCUT2D eigenvalue weighted by molar-refractivity contribution is 7.92. The van der Waals surface area contributed by atoms with Crippen molar-refractivity contribution in [2.75, 3.05) is 5.75 Å². The van der Waals surface area contributed by atoms with Gasteiger partial charge in [0.15, 0.2) is 15.6 Å². The highest BCUT2D eigenvalue weighted by atomic mass is 32.2. The summed E-state index contributed by atoms with van der Waals surface area (Å²) in [6.07, 6.45) is 5.67. The van der Waals surface area contributed by atoms with Crippen LogP contribution in [-0.2, 0) is 14.6 Å². The molecule has 0 bridgehead atoms. The quantitative estimate of drug-likeness (QED) is 0.748.